The topological polar surface area (TPSA) is 71.9 Å². The Morgan fingerprint density at radius 2 is 2.15 bits per heavy atom. The Morgan fingerprint density at radius 1 is 1.54 bits per heavy atom. The lowest BCUT2D eigenvalue weighted by Crippen LogP contribution is -2.27. The summed E-state index contributed by atoms with van der Waals surface area (Å²) in [5, 5.41) is 2.49. The fourth-order valence-corrected chi connectivity index (χ4v) is 2.36. The Kier molecular flexibility index (Phi) is 2.60. The molecule has 0 saturated heterocycles. The number of rotatable bonds is 3. The summed E-state index contributed by atoms with van der Waals surface area (Å²) in [5.74, 6) is -0.0210. The fraction of sp³-hybridized carbons (Fsp3) is 0.571. The lowest BCUT2D eigenvalue weighted by atomic mass is 10.5. The van der Waals surface area contributed by atoms with Gasteiger partial charge in [-0.25, -0.2) is 8.42 Å². The van der Waals surface area contributed by atoms with Gasteiger partial charge in [-0.15, -0.1) is 4.09 Å². The van der Waals surface area contributed by atoms with E-state index in [9.17, 15) is 13.2 Å². The SMILES string of the molecule is CCCS(=O)(=O)n1[nH]c(C)cc1=O. The minimum Gasteiger partial charge on any atom is -0.286 e. The summed E-state index contributed by atoms with van der Waals surface area (Å²) >= 11 is 0. The molecule has 1 aromatic rings. The van der Waals surface area contributed by atoms with Gasteiger partial charge in [-0.1, -0.05) is 6.92 Å². The molecule has 0 atom stereocenters. The van der Waals surface area contributed by atoms with Crippen molar-refractivity contribution in [2.24, 2.45) is 0 Å². The first kappa shape index (κ1) is 10.0. The molecule has 0 unspecified atom stereocenters. The van der Waals surface area contributed by atoms with Crippen molar-refractivity contribution in [1.82, 2.24) is 9.19 Å². The van der Waals surface area contributed by atoms with Crippen LogP contribution in [0.3, 0.4) is 0 Å². The van der Waals surface area contributed by atoms with Crippen molar-refractivity contribution in [3.63, 3.8) is 0 Å². The number of aryl methyl sites for hydroxylation is 1. The second kappa shape index (κ2) is 3.37. The average Bonchev–Trinajstić information content (AvgIpc) is 2.30. The summed E-state index contributed by atoms with van der Waals surface area (Å²) in [6.45, 7) is 3.39. The second-order valence-electron chi connectivity index (χ2n) is 2.86. The molecule has 5 nitrogen and oxygen atoms in total. The summed E-state index contributed by atoms with van der Waals surface area (Å²) in [4.78, 5) is 11.1. The van der Waals surface area contributed by atoms with Crippen LogP contribution < -0.4 is 5.56 Å². The maximum atomic E-state index is 11.4. The third kappa shape index (κ3) is 2.00. The van der Waals surface area contributed by atoms with Gasteiger partial charge in [-0.05, 0) is 13.3 Å². The highest BCUT2D eigenvalue weighted by Gasteiger charge is 2.14. The number of nitrogens with one attached hydrogen (secondary N) is 1. The number of aromatic amines is 1. The van der Waals surface area contributed by atoms with Gasteiger partial charge in [0.1, 0.15) is 0 Å². The van der Waals surface area contributed by atoms with Crippen LogP contribution in [0.1, 0.15) is 19.0 Å². The maximum Gasteiger partial charge on any atom is 0.281 e. The van der Waals surface area contributed by atoms with Gasteiger partial charge < -0.3 is 0 Å². The number of H-pyrrole nitrogens is 1. The molecule has 0 aromatic carbocycles. The molecule has 0 bridgehead atoms. The zero-order valence-electron chi connectivity index (χ0n) is 7.57. The van der Waals surface area contributed by atoms with Gasteiger partial charge in [0.05, 0.1) is 5.75 Å². The van der Waals surface area contributed by atoms with Crippen molar-refractivity contribution in [2.45, 2.75) is 20.3 Å². The molecular weight excluding hydrogens is 192 g/mol. The monoisotopic (exact) mass is 204 g/mol. The Hall–Kier alpha value is -1.04. The first-order chi connectivity index (χ1) is 5.97. The molecule has 1 heterocycles. The van der Waals surface area contributed by atoms with Crippen LogP contribution in [0.5, 0.6) is 0 Å². The molecule has 74 valence electrons. The van der Waals surface area contributed by atoms with E-state index in [0.29, 0.717) is 16.2 Å². The van der Waals surface area contributed by atoms with E-state index in [2.05, 4.69) is 5.10 Å². The minimum atomic E-state index is -3.47. The van der Waals surface area contributed by atoms with E-state index in [1.165, 1.54) is 6.07 Å². The van der Waals surface area contributed by atoms with E-state index < -0.39 is 15.6 Å². The zero-order valence-corrected chi connectivity index (χ0v) is 8.39. The third-order valence-electron chi connectivity index (χ3n) is 1.56. The number of nitrogens with zero attached hydrogens (tertiary/aromatic N) is 1. The van der Waals surface area contributed by atoms with Crippen LogP contribution >= 0.6 is 0 Å². The molecule has 13 heavy (non-hydrogen) atoms. The molecule has 0 amide bonds. The molecule has 1 N–H and O–H groups in total. The zero-order chi connectivity index (χ0) is 10.1. The minimum absolute atomic E-state index is 0.0210. The number of hydrogen-bond acceptors (Lipinski definition) is 3. The Bertz CT molecular complexity index is 441. The average molecular weight is 204 g/mol. The summed E-state index contributed by atoms with van der Waals surface area (Å²) < 4.78 is 23.5. The van der Waals surface area contributed by atoms with Crippen LogP contribution in [-0.2, 0) is 10.0 Å². The molecule has 1 aromatic heterocycles. The molecule has 0 aliphatic heterocycles. The molecular formula is C7H12N2O3S. The Balaban J connectivity index is 3.23. The highest BCUT2D eigenvalue weighted by Crippen LogP contribution is 1.95. The fourth-order valence-electron chi connectivity index (χ4n) is 1.05. The molecule has 0 aliphatic carbocycles. The predicted octanol–water partition coefficient (Wildman–Crippen LogP) is 0.0727. The molecule has 0 spiro atoms. The lowest BCUT2D eigenvalue weighted by Gasteiger charge is -2.01. The van der Waals surface area contributed by atoms with Crippen LogP contribution in [-0.4, -0.2) is 23.4 Å². The van der Waals surface area contributed by atoms with Crippen molar-refractivity contribution < 1.29 is 8.42 Å². The molecule has 6 heteroatoms. The van der Waals surface area contributed by atoms with Crippen molar-refractivity contribution in [1.29, 1.82) is 0 Å². The first-order valence-electron chi connectivity index (χ1n) is 3.99. The van der Waals surface area contributed by atoms with Gasteiger partial charge >= 0.3 is 0 Å². The van der Waals surface area contributed by atoms with Crippen LogP contribution in [0.4, 0.5) is 0 Å². The predicted molar refractivity (Wildman–Crippen MR) is 49.3 cm³/mol. The van der Waals surface area contributed by atoms with Crippen LogP contribution in [0.25, 0.3) is 0 Å². The third-order valence-corrected chi connectivity index (χ3v) is 3.31. The number of aromatic nitrogens is 2. The summed E-state index contributed by atoms with van der Waals surface area (Å²) in [7, 11) is -3.47. The first-order valence-corrected chi connectivity index (χ1v) is 5.60. The van der Waals surface area contributed by atoms with E-state index in [0.717, 1.165) is 0 Å². The Labute approximate surface area is 76.4 Å². The lowest BCUT2D eigenvalue weighted by molar-refractivity contribution is 0.576. The summed E-state index contributed by atoms with van der Waals surface area (Å²) in [6.07, 6.45) is 0.493. The van der Waals surface area contributed by atoms with E-state index in [-0.39, 0.29) is 5.75 Å². The highest BCUT2D eigenvalue weighted by molar-refractivity contribution is 7.89. The van der Waals surface area contributed by atoms with Crippen molar-refractivity contribution in [3.05, 3.63) is 22.1 Å². The van der Waals surface area contributed by atoms with Crippen LogP contribution in [0.15, 0.2) is 10.9 Å². The normalized spacial score (nSPS) is 11.8. The molecule has 0 radical (unpaired) electrons. The largest absolute Gasteiger partial charge is 0.286 e. The van der Waals surface area contributed by atoms with E-state index in [4.69, 9.17) is 0 Å². The molecule has 0 aliphatic rings. The standard InChI is InChI=1S/C7H12N2O3S/c1-3-4-13(11,12)9-7(10)5-6(2)8-9/h5,8H,3-4H2,1-2H3. The van der Waals surface area contributed by atoms with Gasteiger partial charge in [0, 0.05) is 11.8 Å². The van der Waals surface area contributed by atoms with E-state index >= 15 is 0 Å². The van der Waals surface area contributed by atoms with Gasteiger partial charge in [0.15, 0.2) is 0 Å². The van der Waals surface area contributed by atoms with Crippen molar-refractivity contribution >= 4 is 10.0 Å². The number of hydrogen-bond donors (Lipinski definition) is 1. The van der Waals surface area contributed by atoms with Crippen LogP contribution in [0.2, 0.25) is 0 Å². The van der Waals surface area contributed by atoms with Crippen molar-refractivity contribution in [2.75, 3.05) is 5.75 Å². The smallest absolute Gasteiger partial charge is 0.281 e. The van der Waals surface area contributed by atoms with Gasteiger partial charge in [-0.3, -0.25) is 9.89 Å². The van der Waals surface area contributed by atoms with Crippen molar-refractivity contribution in [3.8, 4) is 0 Å². The quantitative estimate of drug-likeness (QED) is 0.757. The second-order valence-corrected chi connectivity index (χ2v) is 4.80. The summed E-state index contributed by atoms with van der Waals surface area (Å²) in [6, 6.07) is 1.26. The summed E-state index contributed by atoms with van der Waals surface area (Å²) in [5.41, 5.74) is 0.0237. The van der Waals surface area contributed by atoms with Gasteiger partial charge in [0.2, 0.25) is 0 Å². The molecule has 0 saturated carbocycles. The highest BCUT2D eigenvalue weighted by atomic mass is 32.2. The van der Waals surface area contributed by atoms with Crippen LogP contribution in [0, 0.1) is 6.92 Å². The van der Waals surface area contributed by atoms with E-state index in [1.54, 1.807) is 13.8 Å². The van der Waals surface area contributed by atoms with Gasteiger partial charge in [-0.2, -0.15) is 0 Å². The Morgan fingerprint density at radius 3 is 2.54 bits per heavy atom. The molecule has 0 fully saturated rings. The molecule has 1 rings (SSSR count). The maximum absolute atomic E-state index is 11.4. The van der Waals surface area contributed by atoms with Gasteiger partial charge in [0.25, 0.3) is 15.6 Å². The van der Waals surface area contributed by atoms with E-state index in [1.807, 2.05) is 0 Å².